The van der Waals surface area contributed by atoms with Crippen LogP contribution in [0.5, 0.6) is 0 Å². The molecule has 0 aromatic carbocycles. The normalized spacial score (nSPS) is 24.1. The Labute approximate surface area is 125 Å². The van der Waals surface area contributed by atoms with Crippen molar-refractivity contribution in [3.63, 3.8) is 0 Å². The van der Waals surface area contributed by atoms with E-state index in [0.29, 0.717) is 5.91 Å². The summed E-state index contributed by atoms with van der Waals surface area (Å²) in [4.78, 5) is 27.7. The minimum Gasteiger partial charge on any atom is -0.340 e. The van der Waals surface area contributed by atoms with Gasteiger partial charge in [0.15, 0.2) is 0 Å². The minimum absolute atomic E-state index is 0.0889. The summed E-state index contributed by atoms with van der Waals surface area (Å²) in [5.74, 6) is 1.14. The molecule has 3 heterocycles. The fourth-order valence-corrected chi connectivity index (χ4v) is 3.10. The van der Waals surface area contributed by atoms with Gasteiger partial charge in [0.25, 0.3) is 0 Å². The van der Waals surface area contributed by atoms with Crippen LogP contribution >= 0.6 is 0 Å². The van der Waals surface area contributed by atoms with Crippen LogP contribution in [0.2, 0.25) is 0 Å². The highest BCUT2D eigenvalue weighted by molar-refractivity contribution is 5.79. The first-order chi connectivity index (χ1) is 10.2. The summed E-state index contributed by atoms with van der Waals surface area (Å²) in [7, 11) is 2.11. The highest BCUT2D eigenvalue weighted by Gasteiger charge is 2.31. The Morgan fingerprint density at radius 3 is 2.57 bits per heavy atom. The van der Waals surface area contributed by atoms with E-state index in [0.717, 1.165) is 58.1 Å². The van der Waals surface area contributed by atoms with E-state index in [-0.39, 0.29) is 5.92 Å². The Morgan fingerprint density at radius 2 is 1.86 bits per heavy atom. The number of piperazine rings is 1. The Kier molecular flexibility index (Phi) is 4.34. The number of piperidine rings is 1. The molecule has 0 spiro atoms. The van der Waals surface area contributed by atoms with Gasteiger partial charge in [0.1, 0.15) is 0 Å². The number of aromatic nitrogens is 2. The van der Waals surface area contributed by atoms with Crippen molar-refractivity contribution in [2.75, 3.05) is 51.2 Å². The molecule has 2 aliphatic rings. The number of anilines is 1. The molecule has 6 nitrogen and oxygen atoms in total. The van der Waals surface area contributed by atoms with Crippen LogP contribution in [0.3, 0.4) is 0 Å². The molecule has 21 heavy (non-hydrogen) atoms. The fourth-order valence-electron chi connectivity index (χ4n) is 3.10. The maximum absolute atomic E-state index is 12.7. The van der Waals surface area contributed by atoms with Gasteiger partial charge in [-0.3, -0.25) is 4.79 Å². The van der Waals surface area contributed by atoms with E-state index in [1.807, 2.05) is 11.0 Å². The van der Waals surface area contributed by atoms with Crippen LogP contribution < -0.4 is 4.90 Å². The second-order valence-corrected chi connectivity index (χ2v) is 5.96. The standard InChI is InChI=1S/C15H23N5O/c1-18-8-10-19(11-9-18)14(21)13-4-2-7-20(12-13)15-16-5-3-6-17-15/h3,5-6,13H,2,4,7-12H2,1H3. The molecule has 1 unspecified atom stereocenters. The van der Waals surface area contributed by atoms with Crippen molar-refractivity contribution >= 4 is 11.9 Å². The van der Waals surface area contributed by atoms with Gasteiger partial charge in [-0.15, -0.1) is 0 Å². The summed E-state index contributed by atoms with van der Waals surface area (Å²) in [5, 5.41) is 0. The smallest absolute Gasteiger partial charge is 0.227 e. The zero-order valence-corrected chi connectivity index (χ0v) is 12.6. The average molecular weight is 289 g/mol. The lowest BCUT2D eigenvalue weighted by Gasteiger charge is -2.38. The summed E-state index contributed by atoms with van der Waals surface area (Å²) >= 11 is 0. The van der Waals surface area contributed by atoms with E-state index in [2.05, 4.69) is 26.8 Å². The van der Waals surface area contributed by atoms with Gasteiger partial charge in [0, 0.05) is 51.7 Å². The van der Waals surface area contributed by atoms with E-state index in [9.17, 15) is 4.79 Å². The molecule has 0 radical (unpaired) electrons. The van der Waals surface area contributed by atoms with Crippen LogP contribution in [0, 0.1) is 5.92 Å². The summed E-state index contributed by atoms with van der Waals surface area (Å²) in [6, 6.07) is 1.82. The lowest BCUT2D eigenvalue weighted by atomic mass is 9.96. The molecule has 2 fully saturated rings. The summed E-state index contributed by atoms with van der Waals surface area (Å²) in [5.41, 5.74) is 0. The lowest BCUT2D eigenvalue weighted by Crippen LogP contribution is -2.51. The predicted molar refractivity (Wildman–Crippen MR) is 81.0 cm³/mol. The number of amides is 1. The van der Waals surface area contributed by atoms with E-state index in [1.165, 1.54) is 0 Å². The van der Waals surface area contributed by atoms with Gasteiger partial charge in [-0.1, -0.05) is 0 Å². The SMILES string of the molecule is CN1CCN(C(=O)C2CCCN(c3ncccn3)C2)CC1. The van der Waals surface area contributed by atoms with Gasteiger partial charge in [-0.2, -0.15) is 0 Å². The Hall–Kier alpha value is -1.69. The molecule has 2 saturated heterocycles. The Bertz CT molecular complexity index is 472. The number of hydrogen-bond donors (Lipinski definition) is 0. The molecule has 1 atom stereocenters. The van der Waals surface area contributed by atoms with Crippen molar-refractivity contribution in [1.82, 2.24) is 19.8 Å². The number of hydrogen-bond acceptors (Lipinski definition) is 5. The number of carbonyl (C=O) groups is 1. The molecule has 0 aliphatic carbocycles. The zero-order valence-electron chi connectivity index (χ0n) is 12.6. The fraction of sp³-hybridized carbons (Fsp3) is 0.667. The van der Waals surface area contributed by atoms with Gasteiger partial charge < -0.3 is 14.7 Å². The summed E-state index contributed by atoms with van der Waals surface area (Å²) < 4.78 is 0. The molecule has 2 aliphatic heterocycles. The highest BCUT2D eigenvalue weighted by Crippen LogP contribution is 2.22. The molecule has 1 aromatic heterocycles. The topological polar surface area (TPSA) is 52.6 Å². The molecule has 1 aromatic rings. The number of likely N-dealkylation sites (N-methyl/N-ethyl adjacent to an activating group) is 1. The lowest BCUT2D eigenvalue weighted by molar-refractivity contribution is -0.137. The van der Waals surface area contributed by atoms with Gasteiger partial charge in [0.2, 0.25) is 11.9 Å². The van der Waals surface area contributed by atoms with Crippen LogP contribution in [0.4, 0.5) is 5.95 Å². The van der Waals surface area contributed by atoms with Gasteiger partial charge in [-0.25, -0.2) is 9.97 Å². The van der Waals surface area contributed by atoms with Gasteiger partial charge >= 0.3 is 0 Å². The first kappa shape index (κ1) is 14.3. The van der Waals surface area contributed by atoms with E-state index < -0.39 is 0 Å². The average Bonchev–Trinajstić information content (AvgIpc) is 2.56. The molecule has 6 heteroatoms. The summed E-state index contributed by atoms with van der Waals surface area (Å²) in [6.45, 7) is 5.35. The molecule has 0 saturated carbocycles. The first-order valence-electron chi connectivity index (χ1n) is 7.73. The Balaban J connectivity index is 1.62. The van der Waals surface area contributed by atoms with Crippen molar-refractivity contribution in [2.24, 2.45) is 5.92 Å². The third-order valence-electron chi connectivity index (χ3n) is 4.42. The molecule has 0 N–H and O–H groups in total. The maximum Gasteiger partial charge on any atom is 0.227 e. The number of nitrogens with zero attached hydrogens (tertiary/aromatic N) is 5. The molecule has 0 bridgehead atoms. The molecular weight excluding hydrogens is 266 g/mol. The molecule has 114 valence electrons. The highest BCUT2D eigenvalue weighted by atomic mass is 16.2. The quantitative estimate of drug-likeness (QED) is 0.792. The molecule has 3 rings (SSSR count). The monoisotopic (exact) mass is 289 g/mol. The van der Waals surface area contributed by atoms with Crippen LogP contribution in [-0.2, 0) is 4.79 Å². The van der Waals surface area contributed by atoms with Gasteiger partial charge in [-0.05, 0) is 26.0 Å². The van der Waals surface area contributed by atoms with E-state index in [1.54, 1.807) is 12.4 Å². The third kappa shape index (κ3) is 3.32. The van der Waals surface area contributed by atoms with Crippen molar-refractivity contribution < 1.29 is 4.79 Å². The molecule has 1 amide bonds. The van der Waals surface area contributed by atoms with Crippen molar-refractivity contribution in [2.45, 2.75) is 12.8 Å². The second-order valence-electron chi connectivity index (χ2n) is 5.96. The largest absolute Gasteiger partial charge is 0.340 e. The van der Waals surface area contributed by atoms with Crippen molar-refractivity contribution in [3.05, 3.63) is 18.5 Å². The molecular formula is C15H23N5O. The first-order valence-corrected chi connectivity index (χ1v) is 7.73. The van der Waals surface area contributed by atoms with Gasteiger partial charge in [0.05, 0.1) is 5.92 Å². The summed E-state index contributed by atoms with van der Waals surface area (Å²) in [6.07, 6.45) is 5.53. The zero-order chi connectivity index (χ0) is 14.7. The second kappa shape index (κ2) is 6.39. The van der Waals surface area contributed by atoms with Crippen LogP contribution in [-0.4, -0.2) is 72.0 Å². The van der Waals surface area contributed by atoms with E-state index in [4.69, 9.17) is 0 Å². The maximum atomic E-state index is 12.7. The minimum atomic E-state index is 0.0889. The van der Waals surface area contributed by atoms with Crippen LogP contribution in [0.1, 0.15) is 12.8 Å². The predicted octanol–water partition coefficient (Wildman–Crippen LogP) is 0.467. The van der Waals surface area contributed by atoms with Crippen LogP contribution in [0.15, 0.2) is 18.5 Å². The number of carbonyl (C=O) groups excluding carboxylic acids is 1. The van der Waals surface area contributed by atoms with Crippen LogP contribution in [0.25, 0.3) is 0 Å². The van der Waals surface area contributed by atoms with Crippen molar-refractivity contribution in [3.8, 4) is 0 Å². The Morgan fingerprint density at radius 1 is 1.14 bits per heavy atom. The number of rotatable bonds is 2. The third-order valence-corrected chi connectivity index (χ3v) is 4.42. The van der Waals surface area contributed by atoms with E-state index >= 15 is 0 Å². The van der Waals surface area contributed by atoms with Crippen molar-refractivity contribution in [1.29, 1.82) is 0 Å².